The Hall–Kier alpha value is -2.07. The van der Waals surface area contributed by atoms with Gasteiger partial charge in [-0.15, -0.1) is 0 Å². The molecule has 4 nitrogen and oxygen atoms in total. The van der Waals surface area contributed by atoms with Crippen molar-refractivity contribution < 1.29 is 9.90 Å². The van der Waals surface area contributed by atoms with Gasteiger partial charge in [0.25, 0.3) is 0 Å². The topological polar surface area (TPSA) is 62.2 Å². The smallest absolute Gasteiger partial charge is 0.230 e. The zero-order valence-electron chi connectivity index (χ0n) is 9.43. The first-order chi connectivity index (χ1) is 8.65. The van der Waals surface area contributed by atoms with E-state index in [0.29, 0.717) is 5.02 Å². The van der Waals surface area contributed by atoms with Crippen molar-refractivity contribution >= 4 is 23.3 Å². The summed E-state index contributed by atoms with van der Waals surface area (Å²) in [6, 6.07) is 10.1. The average molecular weight is 263 g/mol. The molecule has 0 aliphatic heterocycles. The number of benzene rings is 1. The van der Waals surface area contributed by atoms with Crippen LogP contribution in [-0.4, -0.2) is 16.0 Å². The van der Waals surface area contributed by atoms with E-state index < -0.39 is 0 Å². The number of carbonyl (C=O) groups is 1. The van der Waals surface area contributed by atoms with Gasteiger partial charge in [0, 0.05) is 11.2 Å². The molecule has 92 valence electrons. The fourth-order valence-electron chi connectivity index (χ4n) is 1.46. The van der Waals surface area contributed by atoms with E-state index in [2.05, 4.69) is 10.3 Å². The Labute approximate surface area is 109 Å². The Morgan fingerprint density at radius 1 is 1.28 bits per heavy atom. The first-order valence-corrected chi connectivity index (χ1v) is 5.71. The molecule has 0 saturated heterocycles. The molecule has 1 aromatic heterocycles. The second-order valence-electron chi connectivity index (χ2n) is 3.72. The highest BCUT2D eigenvalue weighted by atomic mass is 35.5. The Morgan fingerprint density at radius 2 is 2.00 bits per heavy atom. The minimum Gasteiger partial charge on any atom is -0.504 e. The highest BCUT2D eigenvalue weighted by Crippen LogP contribution is 2.18. The van der Waals surface area contributed by atoms with Crippen molar-refractivity contribution in [2.45, 2.75) is 6.42 Å². The SMILES string of the molecule is O=C(Cc1ccc(Cl)cc1)Nc1ncccc1O. The monoisotopic (exact) mass is 262 g/mol. The summed E-state index contributed by atoms with van der Waals surface area (Å²) in [7, 11) is 0. The predicted octanol–water partition coefficient (Wildman–Crippen LogP) is 2.62. The molecule has 0 unspecified atom stereocenters. The van der Waals surface area contributed by atoms with Crippen LogP contribution in [0.5, 0.6) is 5.75 Å². The number of halogens is 1. The van der Waals surface area contributed by atoms with Crippen LogP contribution in [0.25, 0.3) is 0 Å². The van der Waals surface area contributed by atoms with Crippen molar-refractivity contribution in [1.29, 1.82) is 0 Å². The van der Waals surface area contributed by atoms with E-state index in [1.807, 2.05) is 0 Å². The highest BCUT2D eigenvalue weighted by molar-refractivity contribution is 6.30. The maximum Gasteiger partial charge on any atom is 0.230 e. The zero-order chi connectivity index (χ0) is 13.0. The van der Waals surface area contributed by atoms with Crippen LogP contribution in [0, 0.1) is 0 Å². The van der Waals surface area contributed by atoms with Gasteiger partial charge >= 0.3 is 0 Å². The summed E-state index contributed by atoms with van der Waals surface area (Å²) in [5.41, 5.74) is 0.840. The van der Waals surface area contributed by atoms with Crippen LogP contribution in [0.3, 0.4) is 0 Å². The highest BCUT2D eigenvalue weighted by Gasteiger charge is 2.07. The van der Waals surface area contributed by atoms with Crippen LogP contribution in [0.15, 0.2) is 42.6 Å². The summed E-state index contributed by atoms with van der Waals surface area (Å²) >= 11 is 5.76. The molecule has 1 amide bonds. The number of hydrogen-bond donors (Lipinski definition) is 2. The lowest BCUT2D eigenvalue weighted by molar-refractivity contribution is -0.115. The number of aromatic hydroxyl groups is 1. The van der Waals surface area contributed by atoms with E-state index in [9.17, 15) is 9.90 Å². The van der Waals surface area contributed by atoms with Crippen LogP contribution in [-0.2, 0) is 11.2 Å². The van der Waals surface area contributed by atoms with E-state index in [-0.39, 0.29) is 23.9 Å². The minimum absolute atomic E-state index is 0.0537. The van der Waals surface area contributed by atoms with Gasteiger partial charge in [-0.2, -0.15) is 0 Å². The Balaban J connectivity index is 2.01. The summed E-state index contributed by atoms with van der Waals surface area (Å²) in [6.07, 6.45) is 1.70. The number of pyridine rings is 1. The molecule has 2 rings (SSSR count). The number of rotatable bonds is 3. The molecule has 0 aliphatic rings. The maximum atomic E-state index is 11.7. The molecule has 1 aromatic carbocycles. The van der Waals surface area contributed by atoms with Gasteiger partial charge in [0.1, 0.15) is 0 Å². The summed E-state index contributed by atoms with van der Waals surface area (Å²) in [4.78, 5) is 15.6. The molecule has 18 heavy (non-hydrogen) atoms. The predicted molar refractivity (Wildman–Crippen MR) is 69.7 cm³/mol. The Bertz CT molecular complexity index is 555. The summed E-state index contributed by atoms with van der Waals surface area (Å²) in [5, 5.41) is 12.6. The van der Waals surface area contributed by atoms with Crippen molar-refractivity contribution in [3.8, 4) is 5.75 Å². The molecule has 0 radical (unpaired) electrons. The van der Waals surface area contributed by atoms with Crippen molar-refractivity contribution in [2.24, 2.45) is 0 Å². The molecule has 2 aromatic rings. The van der Waals surface area contributed by atoms with Crippen molar-refractivity contribution in [3.05, 3.63) is 53.2 Å². The van der Waals surface area contributed by atoms with Crippen LogP contribution in [0.1, 0.15) is 5.56 Å². The van der Waals surface area contributed by atoms with E-state index in [0.717, 1.165) is 5.56 Å². The van der Waals surface area contributed by atoms with Gasteiger partial charge in [-0.25, -0.2) is 4.98 Å². The fraction of sp³-hybridized carbons (Fsp3) is 0.0769. The van der Waals surface area contributed by atoms with Crippen molar-refractivity contribution in [1.82, 2.24) is 4.98 Å². The van der Waals surface area contributed by atoms with Crippen LogP contribution in [0.4, 0.5) is 5.82 Å². The third-order valence-corrected chi connectivity index (χ3v) is 2.57. The molecule has 0 saturated carbocycles. The second kappa shape index (κ2) is 5.51. The Kier molecular flexibility index (Phi) is 3.79. The average Bonchev–Trinajstić information content (AvgIpc) is 2.35. The van der Waals surface area contributed by atoms with Gasteiger partial charge in [0.05, 0.1) is 6.42 Å². The Morgan fingerprint density at radius 3 is 2.67 bits per heavy atom. The molecule has 0 bridgehead atoms. The third kappa shape index (κ3) is 3.21. The van der Waals surface area contributed by atoms with Gasteiger partial charge in [0.2, 0.25) is 5.91 Å². The molecule has 0 atom stereocenters. The third-order valence-electron chi connectivity index (χ3n) is 2.32. The number of hydrogen-bond acceptors (Lipinski definition) is 3. The molecule has 1 heterocycles. The van der Waals surface area contributed by atoms with Gasteiger partial charge in [-0.3, -0.25) is 4.79 Å². The van der Waals surface area contributed by atoms with Crippen molar-refractivity contribution in [3.63, 3.8) is 0 Å². The number of nitrogens with zero attached hydrogens (tertiary/aromatic N) is 1. The summed E-state index contributed by atoms with van der Waals surface area (Å²) in [6.45, 7) is 0. The normalized spacial score (nSPS) is 10.1. The number of carbonyl (C=O) groups excluding carboxylic acids is 1. The molecule has 0 spiro atoms. The van der Waals surface area contributed by atoms with E-state index in [4.69, 9.17) is 11.6 Å². The quantitative estimate of drug-likeness (QED) is 0.894. The lowest BCUT2D eigenvalue weighted by Crippen LogP contribution is -2.15. The lowest BCUT2D eigenvalue weighted by Gasteiger charge is -2.05. The van der Waals surface area contributed by atoms with Crippen LogP contribution < -0.4 is 5.32 Å². The second-order valence-corrected chi connectivity index (χ2v) is 4.16. The first kappa shape index (κ1) is 12.4. The van der Waals surface area contributed by atoms with Gasteiger partial charge in [0.15, 0.2) is 11.6 Å². The van der Waals surface area contributed by atoms with E-state index in [1.54, 1.807) is 30.3 Å². The fourth-order valence-corrected chi connectivity index (χ4v) is 1.58. The summed E-state index contributed by atoms with van der Waals surface area (Å²) in [5.74, 6) is -0.134. The molecule has 2 N–H and O–H groups in total. The van der Waals surface area contributed by atoms with E-state index >= 15 is 0 Å². The van der Waals surface area contributed by atoms with E-state index in [1.165, 1.54) is 12.3 Å². The molecular weight excluding hydrogens is 252 g/mol. The van der Waals surface area contributed by atoms with Crippen molar-refractivity contribution in [2.75, 3.05) is 5.32 Å². The summed E-state index contributed by atoms with van der Waals surface area (Å²) < 4.78 is 0. The molecule has 0 fully saturated rings. The van der Waals surface area contributed by atoms with Gasteiger partial charge in [-0.1, -0.05) is 23.7 Å². The molecule has 5 heteroatoms. The number of anilines is 1. The maximum absolute atomic E-state index is 11.7. The largest absolute Gasteiger partial charge is 0.504 e. The minimum atomic E-state index is -0.244. The molecule has 0 aliphatic carbocycles. The van der Waals surface area contributed by atoms with Crippen LogP contribution in [0.2, 0.25) is 5.02 Å². The van der Waals surface area contributed by atoms with Gasteiger partial charge in [-0.05, 0) is 29.8 Å². The number of amides is 1. The van der Waals surface area contributed by atoms with Crippen LogP contribution >= 0.6 is 11.6 Å². The van der Waals surface area contributed by atoms with Gasteiger partial charge < -0.3 is 10.4 Å². The lowest BCUT2D eigenvalue weighted by atomic mass is 10.1. The molecular formula is C13H11ClN2O2. The standard InChI is InChI=1S/C13H11ClN2O2/c14-10-5-3-9(4-6-10)8-12(18)16-13-11(17)2-1-7-15-13/h1-7,17H,8H2,(H,15,16,18). The number of nitrogens with one attached hydrogen (secondary N) is 1. The number of aromatic nitrogens is 1. The first-order valence-electron chi connectivity index (χ1n) is 5.33. The zero-order valence-corrected chi connectivity index (χ0v) is 10.2.